The summed E-state index contributed by atoms with van der Waals surface area (Å²) >= 11 is 0. The summed E-state index contributed by atoms with van der Waals surface area (Å²) in [6.07, 6.45) is 8.85. The van der Waals surface area contributed by atoms with Gasteiger partial charge in [-0.2, -0.15) is 0 Å². The van der Waals surface area contributed by atoms with Crippen molar-refractivity contribution in [2.45, 2.75) is 57.0 Å². The molecule has 0 N–H and O–H groups in total. The minimum Gasteiger partial charge on any atom is -0.310 e. The Morgan fingerprint density at radius 2 is 1.75 bits per heavy atom. The molecule has 5 rings (SSSR count). The number of rotatable bonds is 6. The Morgan fingerprint density at radius 1 is 1.03 bits per heavy atom. The summed E-state index contributed by atoms with van der Waals surface area (Å²) in [6.45, 7) is 4.80. The Morgan fingerprint density at radius 3 is 2.38 bits per heavy atom. The standard InChI is InChI=1S/C26H32N4O2/c1-2-30-25(32)29(14-6-8-20-7-5-13-27-19-20)24(31)26(30)11-15-28(16-12-26)23-17-21-9-3-4-10-22(21)18-23/h3-5,7,9-10,13,19,23H,2,6,8,11-12,14-18H2,1H3. The van der Waals surface area contributed by atoms with E-state index in [1.165, 1.54) is 16.0 Å². The number of pyridine rings is 1. The number of nitrogens with zero attached hydrogens (tertiary/aromatic N) is 4. The van der Waals surface area contributed by atoms with Gasteiger partial charge < -0.3 is 4.90 Å². The average molecular weight is 433 g/mol. The van der Waals surface area contributed by atoms with Crippen LogP contribution < -0.4 is 0 Å². The zero-order valence-corrected chi connectivity index (χ0v) is 18.9. The van der Waals surface area contributed by atoms with Crippen LogP contribution in [0.4, 0.5) is 4.79 Å². The first-order valence-corrected chi connectivity index (χ1v) is 12.0. The number of carbonyl (C=O) groups is 2. The number of aryl methyl sites for hydroxylation is 1. The molecule has 1 aliphatic carbocycles. The van der Waals surface area contributed by atoms with Crippen molar-refractivity contribution in [3.8, 4) is 0 Å². The fraction of sp³-hybridized carbons (Fsp3) is 0.500. The summed E-state index contributed by atoms with van der Waals surface area (Å²) in [5.74, 6) is 0.0184. The first-order chi connectivity index (χ1) is 15.6. The number of imide groups is 1. The number of benzene rings is 1. The summed E-state index contributed by atoms with van der Waals surface area (Å²) in [7, 11) is 0. The second-order valence-electron chi connectivity index (χ2n) is 9.35. The van der Waals surface area contributed by atoms with Gasteiger partial charge in [-0.15, -0.1) is 0 Å². The van der Waals surface area contributed by atoms with E-state index in [-0.39, 0.29) is 11.9 Å². The molecule has 6 nitrogen and oxygen atoms in total. The van der Waals surface area contributed by atoms with E-state index in [1.807, 2.05) is 30.2 Å². The van der Waals surface area contributed by atoms with Gasteiger partial charge in [-0.25, -0.2) is 4.79 Å². The molecule has 0 radical (unpaired) electrons. The largest absolute Gasteiger partial charge is 0.327 e. The number of amides is 3. The number of likely N-dealkylation sites (tertiary alicyclic amines) is 1. The van der Waals surface area contributed by atoms with Gasteiger partial charge in [0.2, 0.25) is 0 Å². The number of fused-ring (bicyclic) bond motifs is 1. The number of carbonyl (C=O) groups excluding carboxylic acids is 2. The molecule has 1 aromatic heterocycles. The van der Waals surface area contributed by atoms with Gasteiger partial charge >= 0.3 is 6.03 Å². The molecular formula is C26H32N4O2. The normalized spacial score (nSPS) is 21.0. The molecule has 32 heavy (non-hydrogen) atoms. The van der Waals surface area contributed by atoms with Crippen LogP contribution in [0, 0.1) is 0 Å². The van der Waals surface area contributed by atoms with Crippen LogP contribution in [0.3, 0.4) is 0 Å². The fourth-order valence-corrected chi connectivity index (χ4v) is 5.94. The minimum absolute atomic E-state index is 0.0184. The lowest BCUT2D eigenvalue weighted by Gasteiger charge is -2.43. The van der Waals surface area contributed by atoms with E-state index in [9.17, 15) is 9.59 Å². The third-order valence-corrected chi connectivity index (χ3v) is 7.68. The molecule has 2 aliphatic heterocycles. The highest BCUT2D eigenvalue weighted by Gasteiger charge is 2.57. The highest BCUT2D eigenvalue weighted by molar-refractivity contribution is 6.07. The molecule has 2 saturated heterocycles. The first-order valence-electron chi connectivity index (χ1n) is 12.0. The number of aromatic nitrogens is 1. The summed E-state index contributed by atoms with van der Waals surface area (Å²) in [4.78, 5) is 36.8. The quantitative estimate of drug-likeness (QED) is 0.658. The smallest absolute Gasteiger partial charge is 0.310 e. The molecule has 2 aromatic rings. The van der Waals surface area contributed by atoms with Crippen molar-refractivity contribution < 1.29 is 9.59 Å². The van der Waals surface area contributed by atoms with Crippen LogP contribution in [0.5, 0.6) is 0 Å². The molecule has 3 amide bonds. The van der Waals surface area contributed by atoms with Gasteiger partial charge in [-0.3, -0.25) is 19.6 Å². The van der Waals surface area contributed by atoms with Crippen LogP contribution in [0.15, 0.2) is 48.8 Å². The topological polar surface area (TPSA) is 56.8 Å². The Balaban J connectivity index is 1.23. The zero-order valence-electron chi connectivity index (χ0n) is 18.9. The van der Waals surface area contributed by atoms with Crippen LogP contribution in [-0.4, -0.2) is 69.4 Å². The monoisotopic (exact) mass is 432 g/mol. The predicted molar refractivity (Wildman–Crippen MR) is 123 cm³/mol. The van der Waals surface area contributed by atoms with Crippen molar-refractivity contribution in [3.05, 3.63) is 65.5 Å². The molecule has 0 unspecified atom stereocenters. The number of piperidine rings is 1. The molecule has 168 valence electrons. The maximum atomic E-state index is 13.5. The van der Waals surface area contributed by atoms with E-state index in [0.29, 0.717) is 19.1 Å². The third kappa shape index (κ3) is 3.60. The Hall–Kier alpha value is -2.73. The molecular weight excluding hydrogens is 400 g/mol. The van der Waals surface area contributed by atoms with Gasteiger partial charge in [-0.05, 0) is 68.2 Å². The maximum Gasteiger partial charge on any atom is 0.327 e. The van der Waals surface area contributed by atoms with E-state index in [1.54, 1.807) is 6.20 Å². The number of hydrogen-bond donors (Lipinski definition) is 0. The predicted octanol–water partition coefficient (Wildman–Crippen LogP) is 3.30. The number of likely N-dealkylation sites (N-methyl/N-ethyl adjacent to an activating group) is 1. The van der Waals surface area contributed by atoms with Gasteiger partial charge in [0.15, 0.2) is 0 Å². The molecule has 1 aromatic carbocycles. The molecule has 3 heterocycles. The van der Waals surface area contributed by atoms with E-state index in [4.69, 9.17) is 0 Å². The summed E-state index contributed by atoms with van der Waals surface area (Å²) < 4.78 is 0. The van der Waals surface area contributed by atoms with Gasteiger partial charge in [0.1, 0.15) is 5.54 Å². The van der Waals surface area contributed by atoms with Gasteiger partial charge in [0.25, 0.3) is 5.91 Å². The van der Waals surface area contributed by atoms with Crippen LogP contribution in [0.1, 0.15) is 42.9 Å². The highest BCUT2D eigenvalue weighted by atomic mass is 16.2. The first kappa shape index (κ1) is 21.1. The highest BCUT2D eigenvalue weighted by Crippen LogP contribution is 2.39. The van der Waals surface area contributed by atoms with Crippen molar-refractivity contribution in [3.63, 3.8) is 0 Å². The third-order valence-electron chi connectivity index (χ3n) is 7.68. The molecule has 0 atom stereocenters. The Labute approximate surface area is 190 Å². The van der Waals surface area contributed by atoms with Gasteiger partial charge in [-0.1, -0.05) is 30.3 Å². The Kier molecular flexibility index (Phi) is 5.72. The summed E-state index contributed by atoms with van der Waals surface area (Å²) in [5, 5.41) is 0. The SMILES string of the molecule is CCN1C(=O)N(CCCc2cccnc2)C(=O)C12CCN(C1Cc3ccccc3C1)CC2. The lowest BCUT2D eigenvalue weighted by atomic mass is 9.85. The second-order valence-corrected chi connectivity index (χ2v) is 9.35. The molecule has 0 bridgehead atoms. The number of hydrogen-bond acceptors (Lipinski definition) is 4. The van der Waals surface area contributed by atoms with Crippen LogP contribution in [0.2, 0.25) is 0 Å². The van der Waals surface area contributed by atoms with E-state index >= 15 is 0 Å². The molecule has 6 heteroatoms. The van der Waals surface area contributed by atoms with Crippen molar-refractivity contribution >= 4 is 11.9 Å². The average Bonchev–Trinajstić information content (AvgIpc) is 3.34. The van der Waals surface area contributed by atoms with Crippen molar-refractivity contribution in [1.29, 1.82) is 0 Å². The summed E-state index contributed by atoms with van der Waals surface area (Å²) in [5.41, 5.74) is 3.40. The fourth-order valence-electron chi connectivity index (χ4n) is 5.94. The van der Waals surface area contributed by atoms with Crippen LogP contribution in [-0.2, 0) is 24.1 Å². The van der Waals surface area contributed by atoms with Gasteiger partial charge in [0, 0.05) is 44.6 Å². The van der Waals surface area contributed by atoms with Crippen molar-refractivity contribution in [2.75, 3.05) is 26.2 Å². The lowest BCUT2D eigenvalue weighted by molar-refractivity contribution is -0.136. The molecule has 0 saturated carbocycles. The van der Waals surface area contributed by atoms with Gasteiger partial charge in [0.05, 0.1) is 0 Å². The van der Waals surface area contributed by atoms with E-state index < -0.39 is 5.54 Å². The van der Waals surface area contributed by atoms with Crippen LogP contribution >= 0.6 is 0 Å². The molecule has 2 fully saturated rings. The van der Waals surface area contributed by atoms with Crippen molar-refractivity contribution in [2.24, 2.45) is 0 Å². The van der Waals surface area contributed by atoms with E-state index in [0.717, 1.165) is 57.2 Å². The number of urea groups is 1. The molecule has 1 spiro atoms. The Bertz CT molecular complexity index is 959. The summed E-state index contributed by atoms with van der Waals surface area (Å²) in [6, 6.07) is 13.1. The molecule has 3 aliphatic rings. The van der Waals surface area contributed by atoms with Crippen LogP contribution in [0.25, 0.3) is 0 Å². The second kappa shape index (κ2) is 8.66. The lowest BCUT2D eigenvalue weighted by Crippen LogP contribution is -2.58. The zero-order chi connectivity index (χ0) is 22.1. The van der Waals surface area contributed by atoms with E-state index in [2.05, 4.69) is 34.1 Å². The van der Waals surface area contributed by atoms with Crippen molar-refractivity contribution in [1.82, 2.24) is 19.7 Å². The minimum atomic E-state index is -0.651. The maximum absolute atomic E-state index is 13.5.